The van der Waals surface area contributed by atoms with Gasteiger partial charge in [-0.2, -0.15) is 0 Å². The lowest BCUT2D eigenvalue weighted by Crippen LogP contribution is -2.11. The molecular weight excluding hydrogens is 569 g/mol. The van der Waals surface area contributed by atoms with E-state index in [-0.39, 0.29) is 0 Å². The molecule has 2 heterocycles. The smallest absolute Gasteiger partial charge is 0.537 e. The molecule has 0 spiro atoms. The van der Waals surface area contributed by atoms with Crippen molar-refractivity contribution >= 4 is 79.4 Å². The van der Waals surface area contributed by atoms with Crippen molar-refractivity contribution in [3.63, 3.8) is 0 Å². The van der Waals surface area contributed by atoms with E-state index in [9.17, 15) is 5.02 Å². The van der Waals surface area contributed by atoms with Crippen LogP contribution in [0.3, 0.4) is 0 Å². The van der Waals surface area contributed by atoms with Gasteiger partial charge in [0, 0.05) is 43.7 Å². The van der Waals surface area contributed by atoms with Crippen molar-refractivity contribution in [1.82, 2.24) is 0 Å². The normalized spacial score (nSPS) is 11.6. The fourth-order valence-corrected chi connectivity index (χ4v) is 6.60. The number of rotatable bonds is 6. The van der Waals surface area contributed by atoms with Gasteiger partial charge in [-0.3, -0.25) is 0 Å². The first-order chi connectivity index (χ1) is 22.7. The van der Waals surface area contributed by atoms with Crippen molar-refractivity contribution in [2.24, 2.45) is 0 Å². The highest BCUT2D eigenvalue weighted by Crippen LogP contribution is 2.44. The molecule has 6 heteroatoms. The zero-order chi connectivity index (χ0) is 30.6. The van der Waals surface area contributed by atoms with Crippen LogP contribution in [0.15, 0.2) is 154 Å². The summed E-state index contributed by atoms with van der Waals surface area (Å²) in [7, 11) is 0.722. The number of furan rings is 2. The Morgan fingerprint density at radius 1 is 0.457 bits per heavy atom. The van der Waals surface area contributed by atoms with Crippen molar-refractivity contribution in [3.05, 3.63) is 146 Å². The van der Waals surface area contributed by atoms with Crippen LogP contribution in [0.25, 0.3) is 65.8 Å². The Morgan fingerprint density at radius 3 is 1.70 bits per heavy atom. The molecule has 9 rings (SSSR count). The van der Waals surface area contributed by atoms with Crippen LogP contribution in [-0.2, 0) is 0 Å². The lowest BCUT2D eigenvalue weighted by molar-refractivity contribution is 0.457. The molecule has 0 aliphatic rings. The predicted octanol–water partition coefficient (Wildman–Crippen LogP) is 10.7. The van der Waals surface area contributed by atoms with Crippen molar-refractivity contribution < 1.29 is 18.5 Å². The highest BCUT2D eigenvalue weighted by Gasteiger charge is 2.19. The number of benzene rings is 7. The summed E-state index contributed by atoms with van der Waals surface area (Å²) in [5.74, 6) is 0.579. The number of hydrogen-bond acceptors (Lipinski definition) is 5. The number of hydrogen-bond donors (Lipinski definition) is 1. The Morgan fingerprint density at radius 2 is 1.00 bits per heavy atom. The lowest BCUT2D eigenvalue weighted by atomic mass is 10.0. The van der Waals surface area contributed by atoms with Crippen molar-refractivity contribution in [2.45, 2.75) is 0 Å². The molecule has 5 nitrogen and oxygen atoms in total. The summed E-state index contributed by atoms with van der Waals surface area (Å²) in [5.41, 5.74) is 8.68. The van der Waals surface area contributed by atoms with E-state index in [0.717, 1.165) is 90.5 Å². The molecule has 0 unspecified atom stereocenters. The maximum Gasteiger partial charge on any atom is 0.569 e. The van der Waals surface area contributed by atoms with Gasteiger partial charge in [0.1, 0.15) is 28.1 Å². The van der Waals surface area contributed by atoms with Gasteiger partial charge in [-0.05, 0) is 77.9 Å². The van der Waals surface area contributed by atoms with Gasteiger partial charge < -0.3 is 23.4 Å². The number of nitrogens with zero attached hydrogens (tertiary/aromatic N) is 1. The van der Waals surface area contributed by atoms with Crippen LogP contribution in [0, 0.1) is 0 Å². The third-order valence-electron chi connectivity index (χ3n) is 8.74. The van der Waals surface area contributed by atoms with E-state index in [1.54, 1.807) is 0 Å². The fraction of sp³-hybridized carbons (Fsp3) is 0. The first-order valence-electron chi connectivity index (χ1n) is 15.1. The molecule has 0 saturated carbocycles. The molecule has 2 aromatic heterocycles. The summed E-state index contributed by atoms with van der Waals surface area (Å²) in [4.78, 5) is 2.26. The maximum absolute atomic E-state index is 9.43. The van der Waals surface area contributed by atoms with Crippen LogP contribution in [0.2, 0.25) is 0 Å². The molecule has 1 N–H and O–H groups in total. The summed E-state index contributed by atoms with van der Waals surface area (Å²) >= 11 is 0. The van der Waals surface area contributed by atoms with E-state index >= 15 is 0 Å². The lowest BCUT2D eigenvalue weighted by Gasteiger charge is -2.27. The van der Waals surface area contributed by atoms with Crippen molar-refractivity contribution in [2.75, 3.05) is 4.90 Å². The SMILES string of the molecule is O[B]Oc1ccc(N(c2ccc(-c3ccc4oc5ccccc5c4c3)cc2)c2ccc3oc4ccccc4c3c2)c2ccccc12. The number of fused-ring (bicyclic) bond motifs is 7. The van der Waals surface area contributed by atoms with Crippen LogP contribution < -0.4 is 9.55 Å². The van der Waals surface area contributed by atoms with Gasteiger partial charge >= 0.3 is 7.69 Å². The van der Waals surface area contributed by atoms with Gasteiger partial charge in [-0.25, -0.2) is 0 Å². The van der Waals surface area contributed by atoms with E-state index in [1.165, 1.54) is 0 Å². The average Bonchev–Trinajstić information content (AvgIpc) is 3.67. The van der Waals surface area contributed by atoms with E-state index in [1.807, 2.05) is 72.8 Å². The molecule has 0 fully saturated rings. The van der Waals surface area contributed by atoms with Gasteiger partial charge in [0.2, 0.25) is 0 Å². The van der Waals surface area contributed by atoms with Gasteiger partial charge in [0.15, 0.2) is 0 Å². The highest BCUT2D eigenvalue weighted by atomic mass is 16.5. The summed E-state index contributed by atoms with van der Waals surface area (Å²) in [5, 5.41) is 15.6. The first-order valence-corrected chi connectivity index (χ1v) is 15.1. The second-order valence-corrected chi connectivity index (χ2v) is 11.3. The van der Waals surface area contributed by atoms with E-state index in [4.69, 9.17) is 13.5 Å². The molecule has 1 radical (unpaired) electrons. The highest BCUT2D eigenvalue weighted by molar-refractivity contribution is 6.18. The van der Waals surface area contributed by atoms with Gasteiger partial charge in [-0.1, -0.05) is 78.9 Å². The molecule has 9 aromatic rings. The Balaban J connectivity index is 1.21. The van der Waals surface area contributed by atoms with Gasteiger partial charge in [0.05, 0.1) is 5.69 Å². The summed E-state index contributed by atoms with van der Waals surface area (Å²) in [6.07, 6.45) is 0. The second kappa shape index (κ2) is 10.6. The molecule has 0 atom stereocenters. The monoisotopic (exact) mass is 594 g/mol. The topological polar surface area (TPSA) is 59.0 Å². The van der Waals surface area contributed by atoms with Crippen molar-refractivity contribution in [1.29, 1.82) is 0 Å². The van der Waals surface area contributed by atoms with E-state index in [0.29, 0.717) is 5.75 Å². The molecule has 0 saturated heterocycles. The van der Waals surface area contributed by atoms with Crippen LogP contribution in [-0.4, -0.2) is 12.7 Å². The molecular formula is C40H25BNO4. The van der Waals surface area contributed by atoms with Crippen LogP contribution >= 0.6 is 0 Å². The molecule has 0 aliphatic heterocycles. The standard InChI is InChI=1S/C40H25BNO4/c43-41-46-40-22-19-35(29-7-1-2-8-30(29)40)42(28-18-21-39-34(24-28)32-10-4-6-12-37(32)45-39)27-16-13-25(14-17-27)26-15-20-38-33(23-26)31-9-3-5-11-36(31)44-38/h1-24,43H. The van der Waals surface area contributed by atoms with Gasteiger partial charge in [-0.15, -0.1) is 0 Å². The Kier molecular flexibility index (Phi) is 6.08. The quantitative estimate of drug-likeness (QED) is 0.194. The third kappa shape index (κ3) is 4.23. The molecule has 0 aliphatic carbocycles. The Labute approximate surface area is 264 Å². The number of anilines is 3. The van der Waals surface area contributed by atoms with Crippen LogP contribution in [0.1, 0.15) is 0 Å². The van der Waals surface area contributed by atoms with Crippen molar-refractivity contribution in [3.8, 4) is 16.9 Å². The molecule has 46 heavy (non-hydrogen) atoms. The number of para-hydroxylation sites is 2. The molecule has 7 aromatic carbocycles. The van der Waals surface area contributed by atoms with Crippen LogP contribution in [0.5, 0.6) is 5.75 Å². The average molecular weight is 594 g/mol. The van der Waals surface area contributed by atoms with E-state index in [2.05, 4.69) is 77.7 Å². The molecule has 0 bridgehead atoms. The van der Waals surface area contributed by atoms with Gasteiger partial charge in [0.25, 0.3) is 0 Å². The maximum atomic E-state index is 9.43. The minimum absolute atomic E-state index is 0.579. The Bertz CT molecular complexity index is 2570. The summed E-state index contributed by atoms with van der Waals surface area (Å²) < 4.78 is 17.7. The third-order valence-corrected chi connectivity index (χ3v) is 8.74. The fourth-order valence-electron chi connectivity index (χ4n) is 6.60. The minimum atomic E-state index is 0.579. The summed E-state index contributed by atoms with van der Waals surface area (Å²) in [6, 6.07) is 49.6. The summed E-state index contributed by atoms with van der Waals surface area (Å²) in [6.45, 7) is 0. The molecule has 217 valence electrons. The predicted molar refractivity (Wildman–Crippen MR) is 187 cm³/mol. The molecule has 0 amide bonds. The minimum Gasteiger partial charge on any atom is -0.537 e. The second-order valence-electron chi connectivity index (χ2n) is 11.3. The Hall–Kier alpha value is -5.98. The zero-order valence-electron chi connectivity index (χ0n) is 24.6. The first kappa shape index (κ1) is 26.4. The van der Waals surface area contributed by atoms with E-state index < -0.39 is 0 Å². The zero-order valence-corrected chi connectivity index (χ0v) is 24.6. The largest absolute Gasteiger partial charge is 0.569 e. The van der Waals surface area contributed by atoms with Crippen LogP contribution in [0.4, 0.5) is 17.1 Å².